The number of carbonyl (C=O) groups excluding carboxylic acids is 1. The minimum Gasteiger partial charge on any atom is -0.465 e. The molecular formula is C27H22O3. The van der Waals surface area contributed by atoms with E-state index in [1.807, 2.05) is 78.9 Å². The van der Waals surface area contributed by atoms with Gasteiger partial charge in [-0.05, 0) is 34.9 Å². The fraction of sp³-hybridized carbons (Fsp3) is 0.148. The second kappa shape index (κ2) is 8.13. The fourth-order valence-corrected chi connectivity index (χ4v) is 3.98. The molecule has 1 aliphatic heterocycles. The number of fused-ring (bicyclic) bond motifs is 3. The molecule has 0 aromatic heterocycles. The summed E-state index contributed by atoms with van der Waals surface area (Å²) in [5.41, 5.74) is 3.73. The zero-order valence-corrected chi connectivity index (χ0v) is 16.6. The van der Waals surface area contributed by atoms with Crippen molar-refractivity contribution in [2.75, 3.05) is 0 Å². The Morgan fingerprint density at radius 1 is 0.867 bits per heavy atom. The summed E-state index contributed by atoms with van der Waals surface area (Å²) >= 11 is 0. The van der Waals surface area contributed by atoms with Gasteiger partial charge in [0.2, 0.25) is 6.29 Å². The molecule has 0 spiro atoms. The van der Waals surface area contributed by atoms with Gasteiger partial charge in [0.25, 0.3) is 0 Å². The summed E-state index contributed by atoms with van der Waals surface area (Å²) in [4.78, 5) is 12.8. The number of rotatable bonds is 5. The van der Waals surface area contributed by atoms with E-state index in [1.165, 1.54) is 5.56 Å². The van der Waals surface area contributed by atoms with Crippen molar-refractivity contribution in [1.82, 2.24) is 0 Å². The maximum atomic E-state index is 12.8. The van der Waals surface area contributed by atoms with E-state index in [2.05, 4.69) is 12.1 Å². The van der Waals surface area contributed by atoms with Crippen LogP contribution in [0.1, 0.15) is 33.5 Å². The van der Waals surface area contributed by atoms with Crippen LogP contribution in [0, 0.1) is 0 Å². The van der Waals surface area contributed by atoms with E-state index in [-0.39, 0.29) is 12.1 Å². The zero-order valence-electron chi connectivity index (χ0n) is 16.6. The topological polar surface area (TPSA) is 35.5 Å². The highest BCUT2D eigenvalue weighted by atomic mass is 16.7. The maximum absolute atomic E-state index is 12.8. The highest BCUT2D eigenvalue weighted by Crippen LogP contribution is 2.35. The van der Waals surface area contributed by atoms with Gasteiger partial charge in [-0.15, -0.1) is 0 Å². The van der Waals surface area contributed by atoms with Crippen molar-refractivity contribution in [2.45, 2.75) is 25.7 Å². The van der Waals surface area contributed by atoms with Crippen LogP contribution in [0.3, 0.4) is 0 Å². The summed E-state index contributed by atoms with van der Waals surface area (Å²) < 4.78 is 12.1. The second-order valence-corrected chi connectivity index (χ2v) is 7.56. The van der Waals surface area contributed by atoms with E-state index in [0.717, 1.165) is 34.9 Å². The smallest absolute Gasteiger partial charge is 0.200 e. The molecule has 0 unspecified atom stereocenters. The Bertz CT molecular complexity index is 1180. The van der Waals surface area contributed by atoms with Gasteiger partial charge in [0.1, 0.15) is 5.75 Å². The summed E-state index contributed by atoms with van der Waals surface area (Å²) in [6, 6.07) is 29.5. The summed E-state index contributed by atoms with van der Waals surface area (Å²) in [6.07, 6.45) is 1.45. The van der Waals surface area contributed by atoms with Crippen molar-refractivity contribution in [3.8, 4) is 5.75 Å². The number of carbonyl (C=O) groups is 1. The average Bonchev–Trinajstić information content (AvgIpc) is 2.83. The first-order chi connectivity index (χ1) is 14.8. The molecule has 3 heteroatoms. The van der Waals surface area contributed by atoms with Crippen molar-refractivity contribution in [2.24, 2.45) is 0 Å². The summed E-state index contributed by atoms with van der Waals surface area (Å²) in [7, 11) is 0. The first-order valence-electron chi connectivity index (χ1n) is 10.3. The molecule has 1 aliphatic rings. The molecule has 148 valence electrons. The lowest BCUT2D eigenvalue weighted by molar-refractivity contribution is -0.0993. The SMILES string of the molecule is O=C(c1ccccc1)c1ccc2c3c(ccc2c1)O[C@H](OCc1ccccc1)CC3. The molecule has 4 aromatic carbocycles. The van der Waals surface area contributed by atoms with Gasteiger partial charge >= 0.3 is 0 Å². The van der Waals surface area contributed by atoms with Crippen LogP contribution in [0.4, 0.5) is 0 Å². The van der Waals surface area contributed by atoms with Crippen LogP contribution in [-0.2, 0) is 17.8 Å². The predicted octanol–water partition coefficient (Wildman–Crippen LogP) is 5.94. The lowest BCUT2D eigenvalue weighted by Crippen LogP contribution is -2.25. The lowest BCUT2D eigenvalue weighted by Gasteiger charge is -2.27. The molecule has 0 saturated carbocycles. The Hall–Kier alpha value is -3.43. The van der Waals surface area contributed by atoms with Gasteiger partial charge in [-0.1, -0.05) is 78.9 Å². The van der Waals surface area contributed by atoms with Gasteiger partial charge in [0, 0.05) is 23.1 Å². The monoisotopic (exact) mass is 394 g/mol. The Morgan fingerprint density at radius 3 is 2.43 bits per heavy atom. The van der Waals surface area contributed by atoms with E-state index in [0.29, 0.717) is 17.7 Å². The van der Waals surface area contributed by atoms with E-state index < -0.39 is 0 Å². The third-order valence-electron chi connectivity index (χ3n) is 5.55. The molecule has 5 rings (SSSR count). The van der Waals surface area contributed by atoms with Gasteiger partial charge in [-0.2, -0.15) is 0 Å². The van der Waals surface area contributed by atoms with Crippen LogP contribution in [0.25, 0.3) is 10.8 Å². The highest BCUT2D eigenvalue weighted by Gasteiger charge is 2.22. The van der Waals surface area contributed by atoms with Crippen LogP contribution in [0.2, 0.25) is 0 Å². The summed E-state index contributed by atoms with van der Waals surface area (Å²) in [5.74, 6) is 0.912. The van der Waals surface area contributed by atoms with Crippen LogP contribution < -0.4 is 4.74 Å². The second-order valence-electron chi connectivity index (χ2n) is 7.56. The standard InChI is InChI=1S/C27H22O3/c28-27(20-9-5-2-6-10-20)22-11-13-23-21(17-22)12-15-25-24(23)14-16-26(30-25)29-18-19-7-3-1-4-8-19/h1-13,15,17,26H,14,16,18H2/t26-/m0/s1. The van der Waals surface area contributed by atoms with E-state index in [4.69, 9.17) is 9.47 Å². The normalized spacial score (nSPS) is 15.4. The van der Waals surface area contributed by atoms with Gasteiger partial charge < -0.3 is 9.47 Å². The first kappa shape index (κ1) is 18.6. The molecule has 1 heterocycles. The average molecular weight is 394 g/mol. The number of aryl methyl sites for hydroxylation is 1. The molecule has 0 aliphatic carbocycles. The molecule has 1 atom stereocenters. The Morgan fingerprint density at radius 2 is 1.63 bits per heavy atom. The molecule has 0 bridgehead atoms. The molecule has 0 fully saturated rings. The quantitative estimate of drug-likeness (QED) is 0.393. The van der Waals surface area contributed by atoms with Gasteiger partial charge in [-0.25, -0.2) is 0 Å². The van der Waals surface area contributed by atoms with Crippen molar-refractivity contribution < 1.29 is 14.3 Å². The third-order valence-corrected chi connectivity index (χ3v) is 5.55. The van der Waals surface area contributed by atoms with Crippen molar-refractivity contribution in [1.29, 1.82) is 0 Å². The number of hydrogen-bond donors (Lipinski definition) is 0. The Kier molecular flexibility index (Phi) is 5.04. The molecular weight excluding hydrogens is 372 g/mol. The predicted molar refractivity (Wildman–Crippen MR) is 118 cm³/mol. The fourth-order valence-electron chi connectivity index (χ4n) is 3.98. The van der Waals surface area contributed by atoms with Gasteiger partial charge in [0.05, 0.1) is 6.61 Å². The third kappa shape index (κ3) is 3.72. The maximum Gasteiger partial charge on any atom is 0.200 e. The molecule has 3 nitrogen and oxygen atoms in total. The summed E-state index contributed by atoms with van der Waals surface area (Å²) in [5, 5.41) is 2.20. The number of hydrogen-bond acceptors (Lipinski definition) is 3. The largest absolute Gasteiger partial charge is 0.465 e. The molecule has 30 heavy (non-hydrogen) atoms. The van der Waals surface area contributed by atoms with Crippen LogP contribution in [0.5, 0.6) is 5.75 Å². The summed E-state index contributed by atoms with van der Waals surface area (Å²) in [6.45, 7) is 0.541. The minimum absolute atomic E-state index is 0.0425. The van der Waals surface area contributed by atoms with Crippen molar-refractivity contribution in [3.05, 3.63) is 113 Å². The molecule has 0 amide bonds. The number of benzene rings is 4. The molecule has 4 aromatic rings. The minimum atomic E-state index is -0.242. The van der Waals surface area contributed by atoms with Crippen molar-refractivity contribution >= 4 is 16.6 Å². The Labute approximate surface area is 175 Å². The van der Waals surface area contributed by atoms with Crippen LogP contribution >= 0.6 is 0 Å². The van der Waals surface area contributed by atoms with Crippen LogP contribution in [-0.4, -0.2) is 12.1 Å². The van der Waals surface area contributed by atoms with Gasteiger partial charge in [0.15, 0.2) is 5.78 Å². The zero-order chi connectivity index (χ0) is 20.3. The van der Waals surface area contributed by atoms with E-state index in [1.54, 1.807) is 0 Å². The molecule has 0 saturated heterocycles. The van der Waals surface area contributed by atoms with Gasteiger partial charge in [-0.3, -0.25) is 4.79 Å². The van der Waals surface area contributed by atoms with Crippen LogP contribution in [0.15, 0.2) is 91.0 Å². The number of ketones is 1. The number of ether oxygens (including phenoxy) is 2. The highest BCUT2D eigenvalue weighted by molar-refractivity contribution is 6.10. The van der Waals surface area contributed by atoms with Crippen molar-refractivity contribution in [3.63, 3.8) is 0 Å². The lowest BCUT2D eigenvalue weighted by atomic mass is 9.94. The van der Waals surface area contributed by atoms with E-state index >= 15 is 0 Å². The first-order valence-corrected chi connectivity index (χ1v) is 10.3. The Balaban J connectivity index is 1.35. The molecule has 0 N–H and O–H groups in total. The molecule has 0 radical (unpaired) electrons. The van der Waals surface area contributed by atoms with E-state index in [9.17, 15) is 4.79 Å².